The number of carbonyl (C=O) groups excluding carboxylic acids is 1. The Labute approximate surface area is 139 Å². The molecule has 0 aliphatic heterocycles. The molecule has 0 fully saturated rings. The van der Waals surface area contributed by atoms with Crippen LogP contribution in [-0.2, 0) is 11.2 Å². The minimum atomic E-state index is -1.02. The van der Waals surface area contributed by atoms with Crippen LogP contribution in [0.15, 0.2) is 42.5 Å². The van der Waals surface area contributed by atoms with Crippen molar-refractivity contribution in [2.75, 3.05) is 13.2 Å². The van der Waals surface area contributed by atoms with E-state index < -0.39 is 17.7 Å². The highest BCUT2D eigenvalue weighted by atomic mass is 19.2. The van der Waals surface area contributed by atoms with Gasteiger partial charge in [-0.25, -0.2) is 8.78 Å². The number of hydrogen-bond acceptors (Lipinski definition) is 3. The highest BCUT2D eigenvalue weighted by Gasteiger charge is 2.10. The molecule has 0 bridgehead atoms. The molecule has 128 valence electrons. The zero-order chi connectivity index (χ0) is 17.5. The molecule has 6 heteroatoms. The number of aryl methyl sites for hydroxylation is 1. The molecule has 0 spiro atoms. The first kappa shape index (κ1) is 17.9. The Hall–Kier alpha value is -2.47. The van der Waals surface area contributed by atoms with E-state index in [9.17, 15) is 18.7 Å². The average Bonchev–Trinajstić information content (AvgIpc) is 2.54. The van der Waals surface area contributed by atoms with Crippen molar-refractivity contribution in [1.82, 2.24) is 5.32 Å². The van der Waals surface area contributed by atoms with Crippen LogP contribution in [0.1, 0.15) is 11.1 Å². The second-order valence-corrected chi connectivity index (χ2v) is 5.51. The van der Waals surface area contributed by atoms with Gasteiger partial charge in [0.2, 0.25) is 5.91 Å². The van der Waals surface area contributed by atoms with Crippen LogP contribution in [0.2, 0.25) is 0 Å². The van der Waals surface area contributed by atoms with E-state index in [1.54, 1.807) is 0 Å². The van der Waals surface area contributed by atoms with Gasteiger partial charge in [-0.1, -0.05) is 29.8 Å². The molecule has 0 unspecified atom stereocenters. The highest BCUT2D eigenvalue weighted by molar-refractivity contribution is 5.78. The number of amides is 1. The second kappa shape index (κ2) is 8.40. The molecule has 0 saturated carbocycles. The molecule has 0 aliphatic rings. The molecule has 0 saturated heterocycles. The normalized spacial score (nSPS) is 11.8. The summed E-state index contributed by atoms with van der Waals surface area (Å²) < 4.78 is 31.0. The fourth-order valence-electron chi connectivity index (χ4n) is 2.12. The third-order valence-corrected chi connectivity index (χ3v) is 3.32. The molecular formula is C18H19F2NO3. The third-order valence-electron chi connectivity index (χ3n) is 3.32. The number of benzene rings is 2. The lowest BCUT2D eigenvalue weighted by atomic mass is 10.1. The standard InChI is InChI=1S/C18H19F2NO3/c1-12-3-2-4-13(7-12)8-18(23)21-10-14(22)11-24-15-5-6-16(19)17(20)9-15/h2-7,9,14,22H,8,10-11H2,1H3,(H,21,23)/t14-/m1/s1. The zero-order valence-electron chi connectivity index (χ0n) is 13.3. The lowest BCUT2D eigenvalue weighted by Crippen LogP contribution is -2.36. The number of carbonyl (C=O) groups is 1. The van der Waals surface area contributed by atoms with Crippen LogP contribution >= 0.6 is 0 Å². The SMILES string of the molecule is Cc1cccc(CC(=O)NC[C@@H](O)COc2ccc(F)c(F)c2)c1. The van der Waals surface area contributed by atoms with Crippen LogP contribution in [0, 0.1) is 18.6 Å². The summed E-state index contributed by atoms with van der Waals surface area (Å²) in [5.74, 6) is -2.09. The molecule has 4 nitrogen and oxygen atoms in total. The third kappa shape index (κ3) is 5.62. The smallest absolute Gasteiger partial charge is 0.224 e. The minimum Gasteiger partial charge on any atom is -0.491 e. The van der Waals surface area contributed by atoms with E-state index in [-0.39, 0.29) is 31.2 Å². The Morgan fingerprint density at radius 3 is 2.71 bits per heavy atom. The van der Waals surface area contributed by atoms with E-state index in [4.69, 9.17) is 4.74 Å². The van der Waals surface area contributed by atoms with Gasteiger partial charge in [0.15, 0.2) is 11.6 Å². The van der Waals surface area contributed by atoms with Crippen molar-refractivity contribution in [3.8, 4) is 5.75 Å². The predicted octanol–water partition coefficient (Wildman–Crippen LogP) is 2.37. The number of halogens is 2. The lowest BCUT2D eigenvalue weighted by Gasteiger charge is -2.13. The Morgan fingerprint density at radius 1 is 1.21 bits per heavy atom. The Morgan fingerprint density at radius 2 is 2.00 bits per heavy atom. The second-order valence-electron chi connectivity index (χ2n) is 5.51. The summed E-state index contributed by atoms with van der Waals surface area (Å²) in [5, 5.41) is 12.4. The molecule has 2 N–H and O–H groups in total. The molecule has 24 heavy (non-hydrogen) atoms. The Kier molecular flexibility index (Phi) is 6.26. The first-order valence-corrected chi connectivity index (χ1v) is 7.52. The number of aliphatic hydroxyl groups is 1. The summed E-state index contributed by atoms with van der Waals surface area (Å²) in [4.78, 5) is 11.8. The molecule has 1 amide bonds. The van der Waals surface area contributed by atoms with Crippen molar-refractivity contribution in [2.24, 2.45) is 0 Å². The predicted molar refractivity (Wildman–Crippen MR) is 85.8 cm³/mol. The molecule has 2 rings (SSSR count). The van der Waals surface area contributed by atoms with Crippen molar-refractivity contribution in [2.45, 2.75) is 19.4 Å². The quantitative estimate of drug-likeness (QED) is 0.817. The van der Waals surface area contributed by atoms with E-state index in [2.05, 4.69) is 5.32 Å². The van der Waals surface area contributed by atoms with Crippen molar-refractivity contribution >= 4 is 5.91 Å². The Bertz CT molecular complexity index is 706. The largest absolute Gasteiger partial charge is 0.491 e. The molecular weight excluding hydrogens is 316 g/mol. The maximum Gasteiger partial charge on any atom is 0.224 e. The van der Waals surface area contributed by atoms with Crippen LogP contribution in [0.5, 0.6) is 5.75 Å². The fraction of sp³-hybridized carbons (Fsp3) is 0.278. The number of nitrogens with one attached hydrogen (secondary N) is 1. The van der Waals surface area contributed by atoms with Crippen molar-refractivity contribution < 1.29 is 23.4 Å². The summed E-state index contributed by atoms with van der Waals surface area (Å²) in [6, 6.07) is 10.7. The monoisotopic (exact) mass is 335 g/mol. The maximum absolute atomic E-state index is 13.0. The van der Waals surface area contributed by atoms with Crippen LogP contribution in [-0.4, -0.2) is 30.3 Å². The number of aliphatic hydroxyl groups excluding tert-OH is 1. The van der Waals surface area contributed by atoms with Gasteiger partial charge in [-0.3, -0.25) is 4.79 Å². The number of hydrogen-bond donors (Lipinski definition) is 2. The molecule has 0 heterocycles. The topological polar surface area (TPSA) is 58.6 Å². The van der Waals surface area contributed by atoms with E-state index >= 15 is 0 Å². The molecule has 0 aliphatic carbocycles. The highest BCUT2D eigenvalue weighted by Crippen LogP contribution is 2.15. The van der Waals surface area contributed by atoms with Gasteiger partial charge in [0.25, 0.3) is 0 Å². The van der Waals surface area contributed by atoms with Crippen LogP contribution in [0.25, 0.3) is 0 Å². The van der Waals surface area contributed by atoms with Gasteiger partial charge in [0, 0.05) is 12.6 Å². The molecule has 0 radical (unpaired) electrons. The number of ether oxygens (including phenoxy) is 1. The average molecular weight is 335 g/mol. The summed E-state index contributed by atoms with van der Waals surface area (Å²) in [6.45, 7) is 1.81. The molecule has 1 atom stereocenters. The molecule has 2 aromatic rings. The van der Waals surface area contributed by atoms with Gasteiger partial charge >= 0.3 is 0 Å². The van der Waals surface area contributed by atoms with Crippen LogP contribution in [0.4, 0.5) is 8.78 Å². The zero-order valence-corrected chi connectivity index (χ0v) is 13.3. The van der Waals surface area contributed by atoms with Gasteiger partial charge in [0.05, 0.1) is 6.42 Å². The van der Waals surface area contributed by atoms with Gasteiger partial charge < -0.3 is 15.2 Å². The summed E-state index contributed by atoms with van der Waals surface area (Å²) in [5.41, 5.74) is 1.96. The lowest BCUT2D eigenvalue weighted by molar-refractivity contribution is -0.121. The Balaban J connectivity index is 1.73. The first-order valence-electron chi connectivity index (χ1n) is 7.52. The van der Waals surface area contributed by atoms with E-state index in [0.717, 1.165) is 23.3 Å². The van der Waals surface area contributed by atoms with Gasteiger partial charge in [-0.2, -0.15) is 0 Å². The molecule has 0 aromatic heterocycles. The number of rotatable bonds is 7. The first-order chi connectivity index (χ1) is 11.4. The van der Waals surface area contributed by atoms with E-state index in [0.29, 0.717) is 0 Å². The van der Waals surface area contributed by atoms with Gasteiger partial charge in [-0.05, 0) is 24.6 Å². The van der Waals surface area contributed by atoms with E-state index in [1.165, 1.54) is 6.07 Å². The molecule has 2 aromatic carbocycles. The summed E-state index contributed by atoms with van der Waals surface area (Å²) >= 11 is 0. The van der Waals surface area contributed by atoms with Crippen LogP contribution < -0.4 is 10.1 Å². The maximum atomic E-state index is 13.0. The van der Waals surface area contributed by atoms with Crippen molar-refractivity contribution in [3.63, 3.8) is 0 Å². The minimum absolute atomic E-state index is 0.00826. The van der Waals surface area contributed by atoms with Crippen molar-refractivity contribution in [3.05, 3.63) is 65.2 Å². The van der Waals surface area contributed by atoms with Gasteiger partial charge in [0.1, 0.15) is 18.5 Å². The summed E-state index contributed by atoms with van der Waals surface area (Å²) in [7, 11) is 0. The van der Waals surface area contributed by atoms with Crippen LogP contribution in [0.3, 0.4) is 0 Å². The summed E-state index contributed by atoms with van der Waals surface area (Å²) in [6.07, 6.45) is -0.738. The van der Waals surface area contributed by atoms with E-state index in [1.807, 2.05) is 31.2 Å². The van der Waals surface area contributed by atoms with Gasteiger partial charge in [-0.15, -0.1) is 0 Å². The fourth-order valence-corrected chi connectivity index (χ4v) is 2.12. The van der Waals surface area contributed by atoms with Crippen molar-refractivity contribution in [1.29, 1.82) is 0 Å².